The number of nitrogens with zero attached hydrogens (tertiary/aromatic N) is 11. The molecule has 2 aromatic rings. The minimum absolute atomic E-state index is 0.0810. The summed E-state index contributed by atoms with van der Waals surface area (Å²) in [5, 5.41) is 46.4. The van der Waals surface area contributed by atoms with Crippen molar-refractivity contribution in [1.29, 1.82) is 26.3 Å². The minimum atomic E-state index is -0.932. The lowest BCUT2D eigenvalue weighted by Crippen LogP contribution is -2.28. The van der Waals surface area contributed by atoms with Crippen molar-refractivity contribution in [3.63, 3.8) is 0 Å². The van der Waals surface area contributed by atoms with Crippen LogP contribution in [0.4, 0.5) is 5.82 Å². The number of anilines is 1. The summed E-state index contributed by atoms with van der Waals surface area (Å²) in [6, 6.07) is 7.14. The highest BCUT2D eigenvalue weighted by Gasteiger charge is 2.42. The van der Waals surface area contributed by atoms with Gasteiger partial charge in [-0.15, -0.1) is 0 Å². The van der Waals surface area contributed by atoms with E-state index in [9.17, 15) is 26.3 Å². The van der Waals surface area contributed by atoms with E-state index in [2.05, 4.69) is 29.9 Å². The Morgan fingerprint density at radius 2 is 1.03 bits per heavy atom. The van der Waals surface area contributed by atoms with E-state index in [-0.39, 0.29) is 57.1 Å². The Balaban J connectivity index is 2.12. The SMILES string of the molecule is N#CC1=NC2c3nc(N)c(C#N)nc3-c3nc(C#N)c(C#N)nc3C2N=C1C#N. The first kappa shape index (κ1) is 17.2. The fourth-order valence-electron chi connectivity index (χ4n) is 3.04. The van der Waals surface area contributed by atoms with Crippen LogP contribution in [0.15, 0.2) is 9.98 Å². The molecule has 4 rings (SSSR count). The van der Waals surface area contributed by atoms with Crippen LogP contribution in [-0.4, -0.2) is 31.4 Å². The Morgan fingerprint density at radius 3 is 1.52 bits per heavy atom. The third kappa shape index (κ3) is 2.34. The van der Waals surface area contributed by atoms with Gasteiger partial charge in [0.05, 0.1) is 11.4 Å². The van der Waals surface area contributed by atoms with Crippen molar-refractivity contribution in [3.05, 3.63) is 28.5 Å². The molecule has 0 bridgehead atoms. The number of nitriles is 5. The summed E-state index contributed by atoms with van der Waals surface area (Å²) in [5.74, 6) is -0.153. The fourth-order valence-corrected chi connectivity index (χ4v) is 3.04. The molecule has 0 fully saturated rings. The molecule has 0 saturated heterocycles. The van der Waals surface area contributed by atoms with E-state index in [1.54, 1.807) is 24.3 Å². The lowest BCUT2D eigenvalue weighted by Gasteiger charge is -2.30. The molecule has 2 atom stereocenters. The highest BCUT2D eigenvalue weighted by Crippen LogP contribution is 2.47. The highest BCUT2D eigenvalue weighted by atomic mass is 15.1. The van der Waals surface area contributed by atoms with Crippen LogP contribution in [0, 0.1) is 56.7 Å². The first-order chi connectivity index (χ1) is 14.1. The summed E-state index contributed by atoms with van der Waals surface area (Å²) in [4.78, 5) is 25.2. The third-order valence-corrected chi connectivity index (χ3v) is 4.25. The monoisotopic (exact) mass is 376 g/mol. The second-order valence-corrected chi connectivity index (χ2v) is 5.75. The van der Waals surface area contributed by atoms with Crippen LogP contribution >= 0.6 is 0 Å². The molecule has 132 valence electrons. The maximum absolute atomic E-state index is 9.29. The predicted octanol–water partition coefficient (Wildman–Crippen LogP) is 0.169. The molecule has 12 nitrogen and oxygen atoms in total. The summed E-state index contributed by atoms with van der Waals surface area (Å²) in [6.07, 6.45) is 0. The van der Waals surface area contributed by atoms with Gasteiger partial charge in [-0.05, 0) is 0 Å². The molecular formula is C17H4N12. The van der Waals surface area contributed by atoms with Crippen molar-refractivity contribution < 1.29 is 0 Å². The minimum Gasteiger partial charge on any atom is -0.381 e. The van der Waals surface area contributed by atoms with Gasteiger partial charge in [-0.25, -0.2) is 19.9 Å². The van der Waals surface area contributed by atoms with Crippen LogP contribution in [0.5, 0.6) is 0 Å². The molecule has 0 amide bonds. The smallest absolute Gasteiger partial charge is 0.183 e. The number of nitrogen functional groups attached to an aromatic ring is 1. The summed E-state index contributed by atoms with van der Waals surface area (Å²) >= 11 is 0. The van der Waals surface area contributed by atoms with Gasteiger partial charge in [0.1, 0.15) is 53.8 Å². The van der Waals surface area contributed by atoms with Gasteiger partial charge in [0.2, 0.25) is 0 Å². The summed E-state index contributed by atoms with van der Waals surface area (Å²) in [6.45, 7) is 0. The number of hydrogen-bond donors (Lipinski definition) is 1. The zero-order chi connectivity index (χ0) is 20.7. The topological polar surface area (TPSA) is 221 Å². The maximum Gasteiger partial charge on any atom is 0.183 e. The molecule has 2 aliphatic rings. The first-order valence-corrected chi connectivity index (χ1v) is 7.82. The molecule has 0 saturated carbocycles. The van der Waals surface area contributed by atoms with Gasteiger partial charge in [-0.3, -0.25) is 9.98 Å². The van der Waals surface area contributed by atoms with Gasteiger partial charge in [0, 0.05) is 0 Å². The number of nitrogens with two attached hydrogens (primary N) is 1. The van der Waals surface area contributed by atoms with Gasteiger partial charge >= 0.3 is 0 Å². The molecule has 0 aromatic carbocycles. The molecule has 0 radical (unpaired) electrons. The standard InChI is InChI=1S/C17H4N12/c18-1-6-7(2-19)26-13-11(24-6)12-14(27-9(4-21)8(3-20)25-12)16-15(13)28-10(5-22)17(23)29-16/h12,14H,(H2,23,29). The van der Waals surface area contributed by atoms with Crippen LogP contribution < -0.4 is 5.73 Å². The van der Waals surface area contributed by atoms with Crippen molar-refractivity contribution >= 4 is 17.2 Å². The Kier molecular flexibility index (Phi) is 3.66. The molecule has 29 heavy (non-hydrogen) atoms. The van der Waals surface area contributed by atoms with Crippen molar-refractivity contribution in [2.24, 2.45) is 9.98 Å². The Morgan fingerprint density at radius 1 is 0.586 bits per heavy atom. The quantitative estimate of drug-likeness (QED) is 0.655. The zero-order valence-corrected chi connectivity index (χ0v) is 14.2. The van der Waals surface area contributed by atoms with Crippen LogP contribution in [0.2, 0.25) is 0 Å². The number of aromatic nitrogens is 4. The van der Waals surface area contributed by atoms with Crippen molar-refractivity contribution in [2.75, 3.05) is 5.73 Å². The zero-order valence-electron chi connectivity index (χ0n) is 14.2. The van der Waals surface area contributed by atoms with Crippen LogP contribution in [0.1, 0.15) is 40.6 Å². The molecule has 2 unspecified atom stereocenters. The first-order valence-electron chi connectivity index (χ1n) is 7.82. The van der Waals surface area contributed by atoms with Crippen molar-refractivity contribution in [2.45, 2.75) is 12.1 Å². The molecule has 12 heteroatoms. The van der Waals surface area contributed by atoms with Crippen LogP contribution in [0.25, 0.3) is 11.4 Å². The maximum atomic E-state index is 9.29. The van der Waals surface area contributed by atoms with Gasteiger partial charge < -0.3 is 5.73 Å². The average Bonchev–Trinajstić information content (AvgIpc) is 2.76. The molecule has 3 heterocycles. The molecule has 0 spiro atoms. The highest BCUT2D eigenvalue weighted by molar-refractivity contribution is 6.53. The van der Waals surface area contributed by atoms with Gasteiger partial charge in [0.25, 0.3) is 0 Å². The Hall–Kier alpha value is -5.25. The molecule has 1 aliphatic heterocycles. The average molecular weight is 376 g/mol. The van der Waals surface area contributed by atoms with E-state index in [1.807, 2.05) is 6.07 Å². The van der Waals surface area contributed by atoms with E-state index < -0.39 is 12.1 Å². The van der Waals surface area contributed by atoms with Crippen LogP contribution in [-0.2, 0) is 0 Å². The predicted molar refractivity (Wildman–Crippen MR) is 93.2 cm³/mol. The number of rotatable bonds is 0. The van der Waals surface area contributed by atoms with Gasteiger partial charge in [0.15, 0.2) is 34.3 Å². The Labute approximate surface area is 162 Å². The largest absolute Gasteiger partial charge is 0.381 e. The number of fused-ring (bicyclic) bond motifs is 6. The third-order valence-electron chi connectivity index (χ3n) is 4.25. The second kappa shape index (κ2) is 6.17. The molecule has 1 aliphatic carbocycles. The lowest BCUT2D eigenvalue weighted by molar-refractivity contribution is 0.536. The van der Waals surface area contributed by atoms with E-state index in [1.165, 1.54) is 0 Å². The van der Waals surface area contributed by atoms with Crippen molar-refractivity contribution in [3.8, 4) is 41.7 Å². The second-order valence-electron chi connectivity index (χ2n) is 5.75. The Bertz CT molecular complexity index is 1380. The fraction of sp³-hybridized carbons (Fsp3) is 0.118. The number of aliphatic imine (C=N–C) groups is 2. The normalized spacial score (nSPS) is 18.0. The van der Waals surface area contributed by atoms with E-state index in [0.717, 1.165) is 0 Å². The van der Waals surface area contributed by atoms with E-state index >= 15 is 0 Å². The van der Waals surface area contributed by atoms with Gasteiger partial charge in [-0.2, -0.15) is 26.3 Å². The van der Waals surface area contributed by atoms with E-state index in [0.29, 0.717) is 0 Å². The molecular weight excluding hydrogens is 372 g/mol. The summed E-state index contributed by atoms with van der Waals surface area (Å²) < 4.78 is 0. The number of hydrogen-bond acceptors (Lipinski definition) is 12. The molecule has 2 N–H and O–H groups in total. The van der Waals surface area contributed by atoms with Gasteiger partial charge in [-0.1, -0.05) is 0 Å². The summed E-state index contributed by atoms with van der Waals surface area (Å²) in [5.41, 5.74) is 5.23. The summed E-state index contributed by atoms with van der Waals surface area (Å²) in [7, 11) is 0. The van der Waals surface area contributed by atoms with E-state index in [4.69, 9.17) is 5.73 Å². The molecule has 2 aromatic heterocycles. The lowest BCUT2D eigenvalue weighted by atomic mass is 9.89. The van der Waals surface area contributed by atoms with Crippen LogP contribution in [0.3, 0.4) is 0 Å². The van der Waals surface area contributed by atoms with Crippen molar-refractivity contribution in [1.82, 2.24) is 19.9 Å².